The number of benzene rings is 4. The van der Waals surface area contributed by atoms with E-state index in [1.165, 1.54) is 19.6 Å². The number of fused-ring (bicyclic) bond motifs is 8. The van der Waals surface area contributed by atoms with Crippen LogP contribution in [-0.2, 0) is 63.8 Å². The molecular formula is C56H76N4O12. The van der Waals surface area contributed by atoms with Crippen molar-refractivity contribution in [2.75, 3.05) is 122 Å². The van der Waals surface area contributed by atoms with Crippen molar-refractivity contribution in [3.63, 3.8) is 0 Å². The van der Waals surface area contributed by atoms with Crippen LogP contribution in [0.3, 0.4) is 0 Å². The van der Waals surface area contributed by atoms with Crippen LogP contribution < -0.4 is 18.9 Å². The van der Waals surface area contributed by atoms with Crippen molar-refractivity contribution in [1.82, 2.24) is 19.6 Å². The lowest BCUT2D eigenvalue weighted by molar-refractivity contribution is -0.141. The smallest absolute Gasteiger partial charge is 0.248 e. The average Bonchev–Trinajstić information content (AvgIpc) is 3.35. The molecule has 0 radical (unpaired) electrons. The number of likely N-dealkylation sites (N-methyl/N-ethyl adjacent to an activating group) is 4. The standard InChI is InChI=1S/C56H76N4O12/c1-11-25-67-53-39-17-13-18-40(53)28-44-22-16-24-46(56(44)72-34-48(70-38-52(64)60(9)10)32-66-36-50(62)58(5)6)30-42-20-14-19-41(54(42)68-26-12-2)29-45-23-15-21-43(27-39)55(45)71-33-47(69-37-51(63)59(7)8)31-65-35-49(61)57(3)4/h13-24,47-48H,11-12,25-38H2,1-10H3. The van der Waals surface area contributed by atoms with Gasteiger partial charge in [-0.15, -0.1) is 0 Å². The van der Waals surface area contributed by atoms with Gasteiger partial charge in [0.05, 0.1) is 26.4 Å². The summed E-state index contributed by atoms with van der Waals surface area (Å²) in [6.07, 6.45) is 2.04. The Hall–Kier alpha value is -6.20. The topological polar surface area (TPSA) is 155 Å². The minimum absolute atomic E-state index is 0.0209. The van der Waals surface area contributed by atoms with Crippen molar-refractivity contribution < 1.29 is 57.1 Å². The monoisotopic (exact) mass is 997 g/mol. The van der Waals surface area contributed by atoms with Crippen molar-refractivity contribution in [2.24, 2.45) is 0 Å². The van der Waals surface area contributed by atoms with Gasteiger partial charge in [0.25, 0.3) is 0 Å². The van der Waals surface area contributed by atoms with Crippen molar-refractivity contribution in [3.05, 3.63) is 117 Å². The van der Waals surface area contributed by atoms with E-state index < -0.39 is 12.2 Å². The Bertz CT molecular complexity index is 2150. The molecular weight excluding hydrogens is 921 g/mol. The van der Waals surface area contributed by atoms with Gasteiger partial charge in [0.1, 0.15) is 74.8 Å². The highest BCUT2D eigenvalue weighted by molar-refractivity contribution is 5.78. The minimum Gasteiger partial charge on any atom is -0.493 e. The van der Waals surface area contributed by atoms with Crippen LogP contribution in [0.25, 0.3) is 0 Å². The van der Waals surface area contributed by atoms with Crippen LogP contribution in [0, 0.1) is 0 Å². The predicted octanol–water partition coefficient (Wildman–Crippen LogP) is 5.85. The van der Waals surface area contributed by atoms with Gasteiger partial charge in [-0.25, -0.2) is 0 Å². The molecule has 8 bridgehead atoms. The van der Waals surface area contributed by atoms with E-state index in [2.05, 4.69) is 62.4 Å². The van der Waals surface area contributed by atoms with Gasteiger partial charge in [0, 0.05) is 82.1 Å². The van der Waals surface area contributed by atoms with Gasteiger partial charge in [0.15, 0.2) is 0 Å². The van der Waals surface area contributed by atoms with Gasteiger partial charge in [-0.2, -0.15) is 0 Å². The van der Waals surface area contributed by atoms with Gasteiger partial charge >= 0.3 is 0 Å². The molecule has 0 saturated heterocycles. The van der Waals surface area contributed by atoms with E-state index in [9.17, 15) is 19.2 Å². The Labute approximate surface area is 426 Å². The van der Waals surface area contributed by atoms with Gasteiger partial charge in [0.2, 0.25) is 23.6 Å². The maximum Gasteiger partial charge on any atom is 0.248 e. The van der Waals surface area contributed by atoms with Crippen LogP contribution in [0.4, 0.5) is 0 Å². The van der Waals surface area contributed by atoms with E-state index in [0.29, 0.717) is 50.4 Å². The molecule has 392 valence electrons. The van der Waals surface area contributed by atoms with Gasteiger partial charge in [-0.3, -0.25) is 19.2 Å². The SMILES string of the molecule is CCCOc1c2cccc1Cc1cccc(c1OCC(COCC(=O)N(C)C)OCC(=O)N(C)C)Cc1cccc(c1OCCC)Cc1cccc(c1OCC(COCC(=O)N(C)C)OCC(=O)N(C)C)C2. The van der Waals surface area contributed by atoms with Crippen LogP contribution >= 0.6 is 0 Å². The molecule has 0 aromatic heterocycles. The fourth-order valence-electron chi connectivity index (χ4n) is 7.73. The second kappa shape index (κ2) is 28.7. The normalized spacial score (nSPS) is 12.8. The summed E-state index contributed by atoms with van der Waals surface area (Å²) in [4.78, 5) is 56.2. The molecule has 4 aromatic carbocycles. The zero-order valence-electron chi connectivity index (χ0n) is 44.1. The lowest BCUT2D eigenvalue weighted by atomic mass is 9.91. The second-order valence-electron chi connectivity index (χ2n) is 18.7. The first kappa shape index (κ1) is 56.7. The van der Waals surface area contributed by atoms with Crippen molar-refractivity contribution in [1.29, 1.82) is 0 Å². The van der Waals surface area contributed by atoms with Crippen LogP contribution in [0.15, 0.2) is 72.8 Å². The zero-order valence-corrected chi connectivity index (χ0v) is 44.1. The number of carbonyl (C=O) groups is 4. The van der Waals surface area contributed by atoms with Crippen LogP contribution in [-0.4, -0.2) is 178 Å². The summed E-state index contributed by atoms with van der Waals surface area (Å²) in [7, 11) is 13.3. The Kier molecular flexibility index (Phi) is 22.6. The Morgan fingerprint density at radius 1 is 0.389 bits per heavy atom. The first-order valence-electron chi connectivity index (χ1n) is 24.7. The number of ether oxygens (including phenoxy) is 8. The van der Waals surface area contributed by atoms with E-state index in [4.69, 9.17) is 37.9 Å². The molecule has 0 saturated carbocycles. The van der Waals surface area contributed by atoms with E-state index in [-0.39, 0.29) is 76.5 Å². The molecule has 72 heavy (non-hydrogen) atoms. The predicted molar refractivity (Wildman–Crippen MR) is 275 cm³/mol. The Balaban J connectivity index is 1.62. The molecule has 2 atom stereocenters. The molecule has 16 heteroatoms. The summed E-state index contributed by atoms with van der Waals surface area (Å²) in [6, 6.07) is 24.7. The first-order valence-corrected chi connectivity index (χ1v) is 24.7. The lowest BCUT2D eigenvalue weighted by Gasteiger charge is -2.25. The summed E-state index contributed by atoms with van der Waals surface area (Å²) in [5.74, 6) is 2.05. The summed E-state index contributed by atoms with van der Waals surface area (Å²) >= 11 is 0. The summed E-state index contributed by atoms with van der Waals surface area (Å²) in [6.45, 7) is 4.58. The molecule has 5 rings (SSSR count). The number of rotatable bonds is 26. The van der Waals surface area contributed by atoms with Gasteiger partial charge in [-0.1, -0.05) is 86.6 Å². The molecule has 0 N–H and O–H groups in total. The third-order valence-electron chi connectivity index (χ3n) is 11.9. The van der Waals surface area contributed by atoms with Gasteiger partial charge < -0.3 is 57.5 Å². The quantitative estimate of drug-likeness (QED) is 0.0653. The van der Waals surface area contributed by atoms with Crippen LogP contribution in [0.5, 0.6) is 23.0 Å². The molecule has 0 aliphatic heterocycles. The maximum atomic E-state index is 12.7. The third-order valence-corrected chi connectivity index (χ3v) is 11.9. The molecule has 1 aliphatic carbocycles. The summed E-state index contributed by atoms with van der Waals surface area (Å²) in [5.41, 5.74) is 7.49. The summed E-state index contributed by atoms with van der Waals surface area (Å²) < 4.78 is 51.0. The average molecular weight is 997 g/mol. The van der Waals surface area contributed by atoms with Crippen molar-refractivity contribution >= 4 is 23.6 Å². The molecule has 2 unspecified atom stereocenters. The maximum absolute atomic E-state index is 12.7. The number of nitrogens with zero attached hydrogens (tertiary/aromatic N) is 4. The molecule has 0 spiro atoms. The van der Waals surface area contributed by atoms with Crippen molar-refractivity contribution in [3.8, 4) is 23.0 Å². The third kappa shape index (κ3) is 17.0. The number of amides is 4. The Morgan fingerprint density at radius 3 is 0.889 bits per heavy atom. The molecule has 4 amide bonds. The number of carbonyl (C=O) groups excluding carboxylic acids is 4. The van der Waals surface area contributed by atoms with Crippen LogP contribution in [0.1, 0.15) is 71.2 Å². The highest BCUT2D eigenvalue weighted by atomic mass is 16.6. The number of para-hydroxylation sites is 4. The molecule has 1 aliphatic rings. The van der Waals surface area contributed by atoms with Gasteiger partial charge in [-0.05, 0) is 57.3 Å². The summed E-state index contributed by atoms with van der Waals surface area (Å²) in [5, 5.41) is 0. The largest absolute Gasteiger partial charge is 0.493 e. The van der Waals surface area contributed by atoms with Crippen molar-refractivity contribution in [2.45, 2.75) is 64.6 Å². The number of hydrogen-bond donors (Lipinski definition) is 0. The molecule has 0 heterocycles. The van der Waals surface area contributed by atoms with E-state index in [0.717, 1.165) is 68.8 Å². The molecule has 0 fully saturated rings. The highest BCUT2D eigenvalue weighted by Gasteiger charge is 2.25. The molecule has 16 nitrogen and oxygen atoms in total. The molecule has 4 aromatic rings. The number of hydrogen-bond acceptors (Lipinski definition) is 12. The zero-order chi connectivity index (χ0) is 52.2. The fourth-order valence-corrected chi connectivity index (χ4v) is 7.73. The fraction of sp³-hybridized carbons (Fsp3) is 0.500. The second-order valence-corrected chi connectivity index (χ2v) is 18.7. The van der Waals surface area contributed by atoms with E-state index in [1.807, 2.05) is 24.3 Å². The minimum atomic E-state index is -0.686. The van der Waals surface area contributed by atoms with Crippen LogP contribution in [0.2, 0.25) is 0 Å². The van der Waals surface area contributed by atoms with E-state index in [1.54, 1.807) is 56.4 Å². The van der Waals surface area contributed by atoms with E-state index >= 15 is 0 Å². The highest BCUT2D eigenvalue weighted by Crippen LogP contribution is 2.39. The Morgan fingerprint density at radius 2 is 0.639 bits per heavy atom. The first-order chi connectivity index (χ1) is 34.6. The lowest BCUT2D eigenvalue weighted by Crippen LogP contribution is -2.35.